The van der Waals surface area contributed by atoms with Crippen molar-refractivity contribution in [3.63, 3.8) is 0 Å². The van der Waals surface area contributed by atoms with Gasteiger partial charge < -0.3 is 15.7 Å². The van der Waals surface area contributed by atoms with Crippen molar-refractivity contribution in [1.29, 1.82) is 0 Å². The maximum absolute atomic E-state index is 13.2. The molecule has 0 aliphatic carbocycles. The van der Waals surface area contributed by atoms with Gasteiger partial charge in [-0.1, -0.05) is 12.1 Å². The molecule has 0 aliphatic rings. The molecule has 6 nitrogen and oxygen atoms in total. The van der Waals surface area contributed by atoms with E-state index in [-0.39, 0.29) is 17.1 Å². The van der Waals surface area contributed by atoms with E-state index in [1.54, 1.807) is 19.1 Å². The first-order valence-corrected chi connectivity index (χ1v) is 8.12. The highest BCUT2D eigenvalue weighted by atomic mass is 19.4. The number of carboxylic acids is 1. The third-order valence-corrected chi connectivity index (χ3v) is 3.74. The van der Waals surface area contributed by atoms with Gasteiger partial charge in [-0.2, -0.15) is 13.2 Å². The van der Waals surface area contributed by atoms with Gasteiger partial charge in [0.05, 0.1) is 16.8 Å². The number of nitrogens with one attached hydrogen (secondary N) is 2. The molecule has 0 fully saturated rings. The molecule has 0 aliphatic heterocycles. The molecule has 3 aromatic rings. The third-order valence-electron chi connectivity index (χ3n) is 3.74. The number of anilines is 4. The van der Waals surface area contributed by atoms with Gasteiger partial charge in [-0.25, -0.2) is 14.8 Å². The molecular weight excluding hydrogens is 373 g/mol. The van der Waals surface area contributed by atoms with E-state index in [0.717, 1.165) is 6.07 Å². The SMILES string of the molecule is Cc1nc(Nc2ccc(C(=O)O)cc2)cc(Nc2ccccc2C(F)(F)F)n1. The minimum Gasteiger partial charge on any atom is -0.478 e. The summed E-state index contributed by atoms with van der Waals surface area (Å²) in [5.74, 6) is -0.158. The molecule has 0 atom stereocenters. The molecule has 3 rings (SSSR count). The van der Waals surface area contributed by atoms with E-state index < -0.39 is 17.7 Å². The van der Waals surface area contributed by atoms with Crippen molar-refractivity contribution in [2.75, 3.05) is 10.6 Å². The monoisotopic (exact) mass is 388 g/mol. The highest BCUT2D eigenvalue weighted by Gasteiger charge is 2.33. The fourth-order valence-electron chi connectivity index (χ4n) is 2.52. The Balaban J connectivity index is 1.85. The normalized spacial score (nSPS) is 11.1. The molecule has 9 heteroatoms. The highest BCUT2D eigenvalue weighted by Crippen LogP contribution is 2.35. The number of rotatable bonds is 5. The number of para-hydroxylation sites is 1. The first-order chi connectivity index (χ1) is 13.2. The lowest BCUT2D eigenvalue weighted by Crippen LogP contribution is -2.09. The molecule has 0 bridgehead atoms. The number of aromatic nitrogens is 2. The standard InChI is InChI=1S/C19H15F3N4O2/c1-11-23-16(25-13-8-6-12(7-9-13)18(27)28)10-17(24-11)26-15-5-3-2-4-14(15)19(20,21)22/h2-10H,1H3,(H,27,28)(H2,23,24,25,26). The van der Waals surface area contributed by atoms with Crippen molar-refractivity contribution in [2.24, 2.45) is 0 Å². The van der Waals surface area contributed by atoms with E-state index in [1.807, 2.05) is 0 Å². The Labute approximate surface area is 158 Å². The van der Waals surface area contributed by atoms with Gasteiger partial charge in [0.15, 0.2) is 0 Å². The summed E-state index contributed by atoms with van der Waals surface area (Å²) in [6.45, 7) is 1.61. The number of benzene rings is 2. The van der Waals surface area contributed by atoms with Crippen molar-refractivity contribution < 1.29 is 23.1 Å². The number of aryl methyl sites for hydroxylation is 1. The fraction of sp³-hybridized carbons (Fsp3) is 0.105. The van der Waals surface area contributed by atoms with Crippen LogP contribution in [0.3, 0.4) is 0 Å². The number of hydrogen-bond acceptors (Lipinski definition) is 5. The lowest BCUT2D eigenvalue weighted by molar-refractivity contribution is -0.136. The first kappa shape index (κ1) is 19.2. The van der Waals surface area contributed by atoms with Crippen LogP contribution in [0.25, 0.3) is 0 Å². The van der Waals surface area contributed by atoms with Crippen LogP contribution in [-0.4, -0.2) is 21.0 Å². The highest BCUT2D eigenvalue weighted by molar-refractivity contribution is 5.88. The summed E-state index contributed by atoms with van der Waals surface area (Å²) in [6, 6.07) is 12.6. The van der Waals surface area contributed by atoms with E-state index in [0.29, 0.717) is 17.3 Å². The number of carboxylic acid groups (broad SMARTS) is 1. The second-order valence-electron chi connectivity index (χ2n) is 5.86. The number of aromatic carboxylic acids is 1. The van der Waals surface area contributed by atoms with Gasteiger partial charge in [-0.15, -0.1) is 0 Å². The van der Waals surface area contributed by atoms with Crippen LogP contribution >= 0.6 is 0 Å². The van der Waals surface area contributed by atoms with Crippen LogP contribution in [0, 0.1) is 6.92 Å². The van der Waals surface area contributed by atoms with Crippen molar-refractivity contribution >= 4 is 29.0 Å². The molecular formula is C19H15F3N4O2. The zero-order chi connectivity index (χ0) is 20.3. The van der Waals surface area contributed by atoms with Crippen LogP contribution in [0.2, 0.25) is 0 Å². The van der Waals surface area contributed by atoms with E-state index >= 15 is 0 Å². The quantitative estimate of drug-likeness (QED) is 0.571. The Morgan fingerprint density at radius 1 is 0.964 bits per heavy atom. The van der Waals surface area contributed by atoms with Gasteiger partial charge in [0.1, 0.15) is 17.5 Å². The zero-order valence-electron chi connectivity index (χ0n) is 14.6. The molecule has 3 N–H and O–H groups in total. The molecule has 0 unspecified atom stereocenters. The van der Waals surface area contributed by atoms with Crippen molar-refractivity contribution in [1.82, 2.24) is 9.97 Å². The summed E-state index contributed by atoms with van der Waals surface area (Å²) in [4.78, 5) is 19.2. The molecule has 0 amide bonds. The summed E-state index contributed by atoms with van der Waals surface area (Å²) >= 11 is 0. The first-order valence-electron chi connectivity index (χ1n) is 8.12. The number of nitrogens with zero attached hydrogens (tertiary/aromatic N) is 2. The molecule has 0 saturated carbocycles. The van der Waals surface area contributed by atoms with Crippen molar-refractivity contribution in [3.05, 3.63) is 71.5 Å². The van der Waals surface area contributed by atoms with Gasteiger partial charge in [0.2, 0.25) is 0 Å². The summed E-state index contributed by atoms with van der Waals surface area (Å²) < 4.78 is 39.5. The predicted molar refractivity (Wildman–Crippen MR) is 98.2 cm³/mol. The summed E-state index contributed by atoms with van der Waals surface area (Å²) in [7, 11) is 0. The lowest BCUT2D eigenvalue weighted by atomic mass is 10.1. The van der Waals surface area contributed by atoms with Gasteiger partial charge >= 0.3 is 12.1 Å². The maximum atomic E-state index is 13.2. The molecule has 1 aromatic heterocycles. The summed E-state index contributed by atoms with van der Waals surface area (Å²) in [5.41, 5.74) is -0.213. The Bertz CT molecular complexity index is 1000. The van der Waals surface area contributed by atoms with Gasteiger partial charge in [0, 0.05) is 11.8 Å². The number of halogens is 3. The van der Waals surface area contributed by atoms with E-state index in [4.69, 9.17) is 5.11 Å². The number of alkyl halides is 3. The Kier molecular flexibility index (Phi) is 5.16. The molecule has 2 aromatic carbocycles. The van der Waals surface area contributed by atoms with Crippen LogP contribution in [0.4, 0.5) is 36.2 Å². The molecule has 1 heterocycles. The Hall–Kier alpha value is -3.62. The van der Waals surface area contributed by atoms with Crippen molar-refractivity contribution in [3.8, 4) is 0 Å². The average molecular weight is 388 g/mol. The third kappa shape index (κ3) is 4.56. The van der Waals surface area contributed by atoms with E-state index in [2.05, 4.69) is 20.6 Å². The maximum Gasteiger partial charge on any atom is 0.418 e. The average Bonchev–Trinajstić information content (AvgIpc) is 2.61. The van der Waals surface area contributed by atoms with Gasteiger partial charge in [0.25, 0.3) is 0 Å². The van der Waals surface area contributed by atoms with Gasteiger partial charge in [-0.05, 0) is 43.3 Å². The predicted octanol–water partition coefficient (Wildman–Crippen LogP) is 4.99. The summed E-state index contributed by atoms with van der Waals surface area (Å²) in [6.07, 6.45) is -4.50. The Morgan fingerprint density at radius 3 is 2.18 bits per heavy atom. The lowest BCUT2D eigenvalue weighted by Gasteiger charge is -2.15. The second kappa shape index (κ2) is 7.55. The second-order valence-corrected chi connectivity index (χ2v) is 5.86. The smallest absolute Gasteiger partial charge is 0.418 e. The van der Waals surface area contributed by atoms with Crippen LogP contribution in [0.5, 0.6) is 0 Å². The summed E-state index contributed by atoms with van der Waals surface area (Å²) in [5, 5.41) is 14.6. The molecule has 0 radical (unpaired) electrons. The topological polar surface area (TPSA) is 87.1 Å². The van der Waals surface area contributed by atoms with E-state index in [9.17, 15) is 18.0 Å². The van der Waals surface area contributed by atoms with Crippen LogP contribution < -0.4 is 10.6 Å². The molecule has 0 saturated heterocycles. The van der Waals surface area contributed by atoms with Crippen LogP contribution in [0.1, 0.15) is 21.7 Å². The number of carbonyl (C=O) groups is 1. The fourth-order valence-corrected chi connectivity index (χ4v) is 2.52. The largest absolute Gasteiger partial charge is 0.478 e. The van der Waals surface area contributed by atoms with Crippen LogP contribution in [0.15, 0.2) is 54.6 Å². The minimum atomic E-state index is -4.50. The molecule has 144 valence electrons. The minimum absolute atomic E-state index is 0.120. The Morgan fingerprint density at radius 2 is 1.57 bits per heavy atom. The molecule has 0 spiro atoms. The number of hydrogen-bond donors (Lipinski definition) is 3. The molecule has 28 heavy (non-hydrogen) atoms. The zero-order valence-corrected chi connectivity index (χ0v) is 14.6. The van der Waals surface area contributed by atoms with Crippen molar-refractivity contribution in [2.45, 2.75) is 13.1 Å². The van der Waals surface area contributed by atoms with Crippen LogP contribution in [-0.2, 0) is 6.18 Å². The van der Waals surface area contributed by atoms with Gasteiger partial charge in [-0.3, -0.25) is 0 Å². The van der Waals surface area contributed by atoms with E-state index in [1.165, 1.54) is 36.4 Å².